The van der Waals surface area contributed by atoms with E-state index in [0.29, 0.717) is 12.8 Å². The Hall–Kier alpha value is -1.06. The third kappa shape index (κ3) is 2.22. The van der Waals surface area contributed by atoms with Crippen molar-refractivity contribution in [2.24, 2.45) is 0 Å². The lowest BCUT2D eigenvalue weighted by Crippen LogP contribution is -2.25. The summed E-state index contributed by atoms with van der Waals surface area (Å²) in [7, 11) is 0. The Bertz CT molecular complexity index is 197. The van der Waals surface area contributed by atoms with Gasteiger partial charge >= 0.3 is 11.9 Å². The lowest BCUT2D eigenvalue weighted by molar-refractivity contribution is -0.164. The molecule has 1 rings (SSSR count). The Balaban J connectivity index is 2.38. The number of hydrogen-bond donors (Lipinski definition) is 0. The summed E-state index contributed by atoms with van der Waals surface area (Å²) in [5, 5.41) is 0. The standard InChI is InChI=1S/C8H12O4/c1-5(2)11-8(10)6-3-4-7(9)12-6/h5-6H,3-4H2,1-2H3/t6-/m1/s1. The number of ether oxygens (including phenoxy) is 2. The first-order valence-electron chi connectivity index (χ1n) is 3.99. The van der Waals surface area contributed by atoms with E-state index in [2.05, 4.69) is 0 Å². The summed E-state index contributed by atoms with van der Waals surface area (Å²) in [5.41, 5.74) is 0. The van der Waals surface area contributed by atoms with Crippen LogP contribution in [0.2, 0.25) is 0 Å². The molecule has 0 aromatic heterocycles. The number of rotatable bonds is 2. The summed E-state index contributed by atoms with van der Waals surface area (Å²) in [5.74, 6) is -0.753. The molecule has 1 atom stereocenters. The van der Waals surface area contributed by atoms with Gasteiger partial charge in [0.05, 0.1) is 6.10 Å². The van der Waals surface area contributed by atoms with Gasteiger partial charge in [0.2, 0.25) is 0 Å². The Kier molecular flexibility index (Phi) is 2.68. The second kappa shape index (κ2) is 3.56. The Morgan fingerprint density at radius 2 is 2.33 bits per heavy atom. The molecule has 4 nitrogen and oxygen atoms in total. The minimum Gasteiger partial charge on any atom is -0.460 e. The molecule has 1 aliphatic heterocycles. The summed E-state index contributed by atoms with van der Waals surface area (Å²) in [6, 6.07) is 0. The Morgan fingerprint density at radius 3 is 2.75 bits per heavy atom. The van der Waals surface area contributed by atoms with Crippen molar-refractivity contribution in [2.45, 2.75) is 38.9 Å². The highest BCUT2D eigenvalue weighted by Crippen LogP contribution is 2.15. The van der Waals surface area contributed by atoms with Gasteiger partial charge < -0.3 is 9.47 Å². The molecule has 0 radical (unpaired) electrons. The van der Waals surface area contributed by atoms with Crippen LogP contribution < -0.4 is 0 Å². The topological polar surface area (TPSA) is 52.6 Å². The fraction of sp³-hybridized carbons (Fsp3) is 0.750. The quantitative estimate of drug-likeness (QED) is 0.574. The predicted octanol–water partition coefficient (Wildman–Crippen LogP) is 0.644. The van der Waals surface area contributed by atoms with Gasteiger partial charge in [0, 0.05) is 12.8 Å². The highest BCUT2D eigenvalue weighted by Gasteiger charge is 2.31. The van der Waals surface area contributed by atoms with Crippen LogP contribution in [0.1, 0.15) is 26.7 Å². The van der Waals surface area contributed by atoms with Gasteiger partial charge in [-0.2, -0.15) is 0 Å². The molecule has 1 saturated heterocycles. The molecule has 0 aromatic carbocycles. The second-order valence-corrected chi connectivity index (χ2v) is 3.00. The van der Waals surface area contributed by atoms with E-state index in [4.69, 9.17) is 9.47 Å². The van der Waals surface area contributed by atoms with Crippen LogP contribution in [0.25, 0.3) is 0 Å². The number of cyclic esters (lactones) is 1. The monoisotopic (exact) mass is 172 g/mol. The fourth-order valence-electron chi connectivity index (χ4n) is 1.000. The maximum atomic E-state index is 11.1. The third-order valence-corrected chi connectivity index (χ3v) is 1.50. The molecule has 0 aliphatic carbocycles. The van der Waals surface area contributed by atoms with Crippen molar-refractivity contribution in [1.82, 2.24) is 0 Å². The molecule has 0 spiro atoms. The molecule has 12 heavy (non-hydrogen) atoms. The van der Waals surface area contributed by atoms with Gasteiger partial charge in [-0.3, -0.25) is 4.79 Å². The van der Waals surface area contributed by atoms with Gasteiger partial charge in [0.15, 0.2) is 6.10 Å². The molecule has 1 heterocycles. The minimum absolute atomic E-state index is 0.156. The fourth-order valence-corrected chi connectivity index (χ4v) is 1.000. The maximum absolute atomic E-state index is 11.1. The van der Waals surface area contributed by atoms with Gasteiger partial charge in [-0.25, -0.2) is 4.79 Å². The average Bonchev–Trinajstić information content (AvgIpc) is 2.34. The first kappa shape index (κ1) is 9.03. The SMILES string of the molecule is CC(C)OC(=O)[C@H]1CCC(=O)O1. The maximum Gasteiger partial charge on any atom is 0.347 e. The van der Waals surface area contributed by atoms with Gasteiger partial charge in [-0.15, -0.1) is 0 Å². The Morgan fingerprint density at radius 1 is 1.67 bits per heavy atom. The molecule has 0 bridgehead atoms. The summed E-state index contributed by atoms with van der Waals surface area (Å²) >= 11 is 0. The average molecular weight is 172 g/mol. The van der Waals surface area contributed by atoms with Gasteiger partial charge in [-0.05, 0) is 13.8 Å². The third-order valence-electron chi connectivity index (χ3n) is 1.50. The number of hydrogen-bond acceptors (Lipinski definition) is 4. The molecule has 0 N–H and O–H groups in total. The van der Waals surface area contributed by atoms with Crippen LogP contribution in [0.4, 0.5) is 0 Å². The van der Waals surface area contributed by atoms with Gasteiger partial charge in [-0.1, -0.05) is 0 Å². The molecule has 0 amide bonds. The zero-order valence-electron chi connectivity index (χ0n) is 7.20. The van der Waals surface area contributed by atoms with E-state index in [0.717, 1.165) is 0 Å². The largest absolute Gasteiger partial charge is 0.460 e. The predicted molar refractivity (Wildman–Crippen MR) is 40.3 cm³/mol. The van der Waals surface area contributed by atoms with Crippen LogP contribution in [0, 0.1) is 0 Å². The van der Waals surface area contributed by atoms with E-state index >= 15 is 0 Å². The van der Waals surface area contributed by atoms with E-state index in [1.54, 1.807) is 13.8 Å². The van der Waals surface area contributed by atoms with E-state index in [-0.39, 0.29) is 12.1 Å². The van der Waals surface area contributed by atoms with E-state index in [1.807, 2.05) is 0 Å². The smallest absolute Gasteiger partial charge is 0.347 e. The van der Waals surface area contributed by atoms with E-state index in [9.17, 15) is 9.59 Å². The molecular formula is C8H12O4. The summed E-state index contributed by atoms with van der Waals surface area (Å²) < 4.78 is 9.58. The van der Waals surface area contributed by atoms with E-state index in [1.165, 1.54) is 0 Å². The zero-order chi connectivity index (χ0) is 9.14. The molecule has 0 unspecified atom stereocenters. The summed E-state index contributed by atoms with van der Waals surface area (Å²) in [4.78, 5) is 21.7. The van der Waals surface area contributed by atoms with Crippen molar-refractivity contribution in [3.05, 3.63) is 0 Å². The molecule has 4 heteroatoms. The van der Waals surface area contributed by atoms with Gasteiger partial charge in [0.25, 0.3) is 0 Å². The van der Waals surface area contributed by atoms with Crippen molar-refractivity contribution in [3.63, 3.8) is 0 Å². The van der Waals surface area contributed by atoms with Crippen molar-refractivity contribution < 1.29 is 19.1 Å². The highest BCUT2D eigenvalue weighted by molar-refractivity contribution is 5.82. The van der Waals surface area contributed by atoms with Gasteiger partial charge in [0.1, 0.15) is 0 Å². The van der Waals surface area contributed by atoms with Crippen molar-refractivity contribution >= 4 is 11.9 Å². The first-order chi connectivity index (χ1) is 5.59. The number of carbonyl (C=O) groups excluding carboxylic acids is 2. The van der Waals surface area contributed by atoms with Crippen LogP contribution in [0.3, 0.4) is 0 Å². The van der Waals surface area contributed by atoms with Crippen molar-refractivity contribution in [3.8, 4) is 0 Å². The minimum atomic E-state index is -0.667. The highest BCUT2D eigenvalue weighted by atomic mass is 16.6. The molecule has 0 saturated carbocycles. The molecule has 0 aromatic rings. The molecule has 1 fully saturated rings. The van der Waals surface area contributed by atoms with Crippen LogP contribution in [-0.2, 0) is 19.1 Å². The summed E-state index contributed by atoms with van der Waals surface area (Å²) in [6.45, 7) is 3.52. The Labute approximate surface area is 70.8 Å². The molecule has 1 aliphatic rings. The zero-order valence-corrected chi connectivity index (χ0v) is 7.20. The van der Waals surface area contributed by atoms with Crippen LogP contribution in [0.15, 0.2) is 0 Å². The number of carbonyl (C=O) groups is 2. The molecular weight excluding hydrogens is 160 g/mol. The summed E-state index contributed by atoms with van der Waals surface area (Å²) in [6.07, 6.45) is -0.0564. The number of esters is 2. The second-order valence-electron chi connectivity index (χ2n) is 3.00. The lowest BCUT2D eigenvalue weighted by Gasteiger charge is -2.11. The lowest BCUT2D eigenvalue weighted by atomic mass is 10.2. The van der Waals surface area contributed by atoms with Crippen LogP contribution >= 0.6 is 0 Å². The normalized spacial score (nSPS) is 22.6. The van der Waals surface area contributed by atoms with Crippen LogP contribution in [0.5, 0.6) is 0 Å². The van der Waals surface area contributed by atoms with E-state index < -0.39 is 12.1 Å². The van der Waals surface area contributed by atoms with Crippen LogP contribution in [-0.4, -0.2) is 24.1 Å². The molecule has 68 valence electrons. The van der Waals surface area contributed by atoms with Crippen molar-refractivity contribution in [1.29, 1.82) is 0 Å². The first-order valence-corrected chi connectivity index (χ1v) is 3.99. The van der Waals surface area contributed by atoms with Crippen molar-refractivity contribution in [2.75, 3.05) is 0 Å².